The number of nitrogens with zero attached hydrogens (tertiary/aromatic N) is 5. The smallest absolute Gasteiger partial charge is 0.164 e. The summed E-state index contributed by atoms with van der Waals surface area (Å²) >= 11 is 0. The van der Waals surface area contributed by atoms with Crippen molar-refractivity contribution in [2.45, 2.75) is 0 Å². The van der Waals surface area contributed by atoms with Crippen molar-refractivity contribution < 1.29 is 4.42 Å². The normalized spacial score (nSPS) is 11.9. The zero-order chi connectivity index (χ0) is 37.5. The largest absolute Gasteiger partial charge is 0.456 e. The first kappa shape index (κ1) is 31.5. The molecule has 12 aromatic rings. The van der Waals surface area contributed by atoms with Crippen molar-refractivity contribution in [2.75, 3.05) is 0 Å². The van der Waals surface area contributed by atoms with Crippen molar-refractivity contribution in [1.29, 1.82) is 0 Å². The molecule has 0 amide bonds. The number of furan rings is 1. The summed E-state index contributed by atoms with van der Waals surface area (Å²) in [5.74, 6) is 1.80. The monoisotopic (exact) mass is 729 g/mol. The van der Waals surface area contributed by atoms with Crippen LogP contribution in [-0.2, 0) is 0 Å². The minimum Gasteiger partial charge on any atom is -0.456 e. The Morgan fingerprint density at radius 3 is 1.77 bits per heavy atom. The maximum absolute atomic E-state index is 6.27. The number of rotatable bonds is 5. The van der Waals surface area contributed by atoms with Crippen LogP contribution in [0.2, 0.25) is 0 Å². The first-order valence-electron chi connectivity index (χ1n) is 19.1. The van der Waals surface area contributed by atoms with E-state index >= 15 is 0 Å². The summed E-state index contributed by atoms with van der Waals surface area (Å²) in [5, 5.41) is 6.88. The van der Waals surface area contributed by atoms with Crippen LogP contribution in [0, 0.1) is 0 Å². The number of hydrogen-bond donors (Lipinski definition) is 0. The van der Waals surface area contributed by atoms with Crippen molar-refractivity contribution in [3.05, 3.63) is 188 Å². The third-order valence-corrected chi connectivity index (χ3v) is 11.2. The summed E-state index contributed by atoms with van der Waals surface area (Å²) in [4.78, 5) is 15.4. The Hall–Kier alpha value is -7.83. The van der Waals surface area contributed by atoms with Crippen LogP contribution in [0.25, 0.3) is 111 Å². The van der Waals surface area contributed by atoms with Crippen LogP contribution in [0.15, 0.2) is 192 Å². The Bertz CT molecular complexity index is 3520. The van der Waals surface area contributed by atoms with E-state index in [1.807, 2.05) is 60.7 Å². The predicted octanol–water partition coefficient (Wildman–Crippen LogP) is 13.0. The Balaban J connectivity index is 1.10. The molecule has 0 N–H and O–H groups in total. The summed E-state index contributed by atoms with van der Waals surface area (Å²) < 4.78 is 11.1. The third kappa shape index (κ3) is 4.81. The molecule has 12 rings (SSSR count). The van der Waals surface area contributed by atoms with Gasteiger partial charge in [-0.15, -0.1) is 0 Å². The molecule has 0 aliphatic heterocycles. The Kier molecular flexibility index (Phi) is 6.83. The lowest BCUT2D eigenvalue weighted by molar-refractivity contribution is 0.669. The van der Waals surface area contributed by atoms with Crippen LogP contribution < -0.4 is 0 Å². The van der Waals surface area contributed by atoms with Crippen LogP contribution in [0.3, 0.4) is 0 Å². The van der Waals surface area contributed by atoms with E-state index in [1.54, 1.807) is 0 Å². The molecule has 0 fully saturated rings. The van der Waals surface area contributed by atoms with Crippen molar-refractivity contribution in [3.8, 4) is 45.5 Å². The van der Waals surface area contributed by atoms with E-state index in [9.17, 15) is 0 Å². The first-order chi connectivity index (χ1) is 28.3. The van der Waals surface area contributed by atoms with Crippen molar-refractivity contribution >= 4 is 65.6 Å². The lowest BCUT2D eigenvalue weighted by Crippen LogP contribution is -2.01. The van der Waals surface area contributed by atoms with Gasteiger partial charge in [0.1, 0.15) is 11.2 Å². The zero-order valence-corrected chi connectivity index (χ0v) is 30.5. The molecule has 57 heavy (non-hydrogen) atoms. The summed E-state index contributed by atoms with van der Waals surface area (Å²) in [7, 11) is 0. The van der Waals surface area contributed by atoms with Gasteiger partial charge >= 0.3 is 0 Å². The van der Waals surface area contributed by atoms with E-state index in [0.717, 1.165) is 61.0 Å². The summed E-state index contributed by atoms with van der Waals surface area (Å²) in [5.41, 5.74) is 11.1. The Morgan fingerprint density at radius 1 is 0.351 bits per heavy atom. The Morgan fingerprint density at radius 2 is 0.947 bits per heavy atom. The molecule has 6 heteroatoms. The average molecular weight is 730 g/mol. The van der Waals surface area contributed by atoms with Crippen molar-refractivity contribution in [1.82, 2.24) is 24.1 Å². The average Bonchev–Trinajstić information content (AvgIpc) is 3.95. The summed E-state index contributed by atoms with van der Waals surface area (Å²) in [6.45, 7) is 0. The number of benzene rings is 8. The van der Waals surface area contributed by atoms with E-state index in [1.165, 1.54) is 32.6 Å². The lowest BCUT2D eigenvalue weighted by atomic mass is 10.1. The number of hydrogen-bond acceptors (Lipinski definition) is 4. The highest BCUT2D eigenvalue weighted by atomic mass is 16.3. The molecule has 0 radical (unpaired) electrons. The quantitative estimate of drug-likeness (QED) is 0.177. The van der Waals surface area contributed by atoms with Gasteiger partial charge in [-0.05, 0) is 54.6 Å². The van der Waals surface area contributed by atoms with E-state index < -0.39 is 0 Å². The van der Waals surface area contributed by atoms with Crippen LogP contribution in [-0.4, -0.2) is 24.1 Å². The molecule has 0 atom stereocenters. The highest BCUT2D eigenvalue weighted by Gasteiger charge is 2.22. The van der Waals surface area contributed by atoms with Gasteiger partial charge in [-0.3, -0.25) is 0 Å². The van der Waals surface area contributed by atoms with Gasteiger partial charge in [-0.1, -0.05) is 133 Å². The molecule has 266 valence electrons. The van der Waals surface area contributed by atoms with Crippen molar-refractivity contribution in [3.63, 3.8) is 0 Å². The predicted molar refractivity (Wildman–Crippen MR) is 232 cm³/mol. The number of para-hydroxylation sites is 4. The fourth-order valence-electron chi connectivity index (χ4n) is 8.72. The molecule has 0 unspecified atom stereocenters. The van der Waals surface area contributed by atoms with Gasteiger partial charge in [0.15, 0.2) is 17.5 Å². The standard InChI is InChI=1S/C51H31N5O/c1-3-15-32(16-4-1)49-52-50(54-51(53-49)40-24-14-28-45-46(40)39-23-9-12-27-44(39)57-45)33-17-13-20-35(31-33)55-42-26-11-8-22-38(42)47-43(55)30-29-37-36-21-7-10-25-41(36)56(48(37)47)34-18-5-2-6-19-34/h1-31H. The minimum absolute atomic E-state index is 0.592. The highest BCUT2D eigenvalue weighted by Crippen LogP contribution is 2.42. The van der Waals surface area contributed by atoms with E-state index in [-0.39, 0.29) is 0 Å². The molecule has 0 bridgehead atoms. The van der Waals surface area contributed by atoms with Crippen molar-refractivity contribution in [2.24, 2.45) is 0 Å². The molecular formula is C51H31N5O. The minimum atomic E-state index is 0.592. The SMILES string of the molecule is c1ccc(-c2nc(-c3cccc(-n4c5ccccc5c5c4ccc4c6ccccc6n(-c6ccccc6)c45)c3)nc(-c3cccc4oc5ccccc5c34)n2)cc1. The van der Waals surface area contributed by atoms with E-state index in [0.29, 0.717) is 17.5 Å². The second-order valence-corrected chi connectivity index (χ2v) is 14.4. The molecule has 4 aromatic heterocycles. The van der Waals surface area contributed by atoms with Gasteiger partial charge in [-0.25, -0.2) is 15.0 Å². The zero-order valence-electron chi connectivity index (χ0n) is 30.5. The van der Waals surface area contributed by atoms with Gasteiger partial charge in [0.25, 0.3) is 0 Å². The molecule has 0 aliphatic carbocycles. The van der Waals surface area contributed by atoms with Crippen LogP contribution in [0.1, 0.15) is 0 Å². The van der Waals surface area contributed by atoms with Crippen LogP contribution in [0.4, 0.5) is 0 Å². The molecule has 0 spiro atoms. The lowest BCUT2D eigenvalue weighted by Gasteiger charge is -2.12. The fraction of sp³-hybridized carbons (Fsp3) is 0. The third-order valence-electron chi connectivity index (χ3n) is 11.2. The molecule has 0 saturated carbocycles. The van der Waals surface area contributed by atoms with E-state index in [4.69, 9.17) is 19.4 Å². The molecule has 8 aromatic carbocycles. The number of aromatic nitrogens is 5. The highest BCUT2D eigenvalue weighted by molar-refractivity contribution is 6.26. The van der Waals surface area contributed by atoms with Crippen LogP contribution in [0.5, 0.6) is 0 Å². The molecule has 4 heterocycles. The second-order valence-electron chi connectivity index (χ2n) is 14.4. The van der Waals surface area contributed by atoms with Gasteiger partial charge in [0.05, 0.1) is 22.1 Å². The van der Waals surface area contributed by atoms with Crippen LogP contribution >= 0.6 is 0 Å². The van der Waals surface area contributed by atoms with Gasteiger partial charge in [-0.2, -0.15) is 0 Å². The van der Waals surface area contributed by atoms with Gasteiger partial charge < -0.3 is 13.6 Å². The maximum Gasteiger partial charge on any atom is 0.164 e. The fourth-order valence-corrected chi connectivity index (χ4v) is 8.72. The molecule has 0 saturated heterocycles. The molecule has 0 aliphatic rings. The summed E-state index contributed by atoms with van der Waals surface area (Å²) in [6, 6.07) is 65.5. The maximum atomic E-state index is 6.27. The first-order valence-corrected chi connectivity index (χ1v) is 19.1. The van der Waals surface area contributed by atoms with E-state index in [2.05, 4.69) is 137 Å². The van der Waals surface area contributed by atoms with Gasteiger partial charge in [0.2, 0.25) is 0 Å². The molecular weight excluding hydrogens is 699 g/mol. The molecule has 6 nitrogen and oxygen atoms in total. The Labute approximate surface area is 326 Å². The second kappa shape index (κ2) is 12.3. The summed E-state index contributed by atoms with van der Waals surface area (Å²) in [6.07, 6.45) is 0. The number of fused-ring (bicyclic) bond motifs is 10. The topological polar surface area (TPSA) is 61.7 Å². The van der Waals surface area contributed by atoms with Gasteiger partial charge in [0, 0.05) is 60.4 Å².